The minimum absolute atomic E-state index is 0.315. The fourth-order valence-corrected chi connectivity index (χ4v) is 0.520. The second-order valence-corrected chi connectivity index (χ2v) is 1.71. The second-order valence-electron chi connectivity index (χ2n) is 1.71. The Kier molecular flexibility index (Phi) is 2.36. The van der Waals surface area contributed by atoms with Crippen LogP contribution in [0.15, 0.2) is 18.5 Å². The molecule has 7 heteroatoms. The maximum atomic E-state index is 10.8. The minimum atomic E-state index is -0.933. The quantitative estimate of drug-likeness (QED) is 0.592. The van der Waals surface area contributed by atoms with E-state index in [-0.39, 0.29) is 5.09 Å². The Balaban J connectivity index is 2.56. The van der Waals surface area contributed by atoms with Crippen LogP contribution in [0.5, 0.6) is 0 Å². The highest BCUT2D eigenvalue weighted by molar-refractivity contribution is 5.68. The molecule has 0 aliphatic carbocycles. The molecule has 0 aromatic carbocycles. The van der Waals surface area contributed by atoms with Crippen molar-refractivity contribution >= 4 is 6.09 Å². The standard InChI is InChI=1S/C5H6N3O4/c1-11-8(10)12-5(9)7-4-2-3-6-7/h2-4H,1H3/q+1. The van der Waals surface area contributed by atoms with E-state index in [9.17, 15) is 9.70 Å². The third-order valence-corrected chi connectivity index (χ3v) is 0.993. The molecule has 64 valence electrons. The molecule has 0 saturated heterocycles. The maximum absolute atomic E-state index is 10.8. The molecule has 1 aromatic heterocycles. The predicted octanol–water partition coefficient (Wildman–Crippen LogP) is 0.123. The van der Waals surface area contributed by atoms with E-state index in [1.54, 1.807) is 0 Å². The lowest BCUT2D eigenvalue weighted by Gasteiger charge is -1.89. The average molecular weight is 172 g/mol. The van der Waals surface area contributed by atoms with Crippen molar-refractivity contribution in [3.63, 3.8) is 0 Å². The summed E-state index contributed by atoms with van der Waals surface area (Å²) in [5.41, 5.74) is 0. The summed E-state index contributed by atoms with van der Waals surface area (Å²) in [4.78, 5) is 29.2. The predicted molar refractivity (Wildman–Crippen MR) is 34.7 cm³/mol. The molecular formula is C5H6N3O4+. The number of aromatic nitrogens is 2. The summed E-state index contributed by atoms with van der Waals surface area (Å²) in [5, 5.41) is 3.21. The third kappa shape index (κ3) is 1.78. The highest BCUT2D eigenvalue weighted by atomic mass is 17.0. The summed E-state index contributed by atoms with van der Waals surface area (Å²) in [6.45, 7) is 0. The first kappa shape index (κ1) is 8.18. The monoisotopic (exact) mass is 172 g/mol. The van der Waals surface area contributed by atoms with E-state index >= 15 is 0 Å². The summed E-state index contributed by atoms with van der Waals surface area (Å²) in [5.74, 6) is 0. The molecule has 0 N–H and O–H groups in total. The Morgan fingerprint density at radius 2 is 2.42 bits per heavy atom. The zero-order valence-corrected chi connectivity index (χ0v) is 6.21. The van der Waals surface area contributed by atoms with E-state index in [0.29, 0.717) is 0 Å². The zero-order valence-electron chi connectivity index (χ0n) is 6.21. The van der Waals surface area contributed by atoms with Gasteiger partial charge in [-0.2, -0.15) is 14.6 Å². The van der Waals surface area contributed by atoms with Crippen LogP contribution in [0, 0.1) is 4.91 Å². The van der Waals surface area contributed by atoms with Crippen molar-refractivity contribution in [3.8, 4) is 0 Å². The smallest absolute Gasteiger partial charge is 0.214 e. The van der Waals surface area contributed by atoms with Crippen molar-refractivity contribution in [2.75, 3.05) is 7.11 Å². The van der Waals surface area contributed by atoms with Gasteiger partial charge >= 0.3 is 11.2 Å². The molecule has 0 aliphatic heterocycles. The molecule has 0 saturated carbocycles. The van der Waals surface area contributed by atoms with Crippen molar-refractivity contribution in [1.82, 2.24) is 9.78 Å². The minimum Gasteiger partial charge on any atom is -0.214 e. The number of carbonyl (C=O) groups is 1. The van der Waals surface area contributed by atoms with Crippen LogP contribution in [0.25, 0.3) is 0 Å². The Labute approximate surface area is 67.0 Å². The molecule has 0 unspecified atom stereocenters. The molecule has 0 fully saturated rings. The van der Waals surface area contributed by atoms with Crippen LogP contribution in [0.2, 0.25) is 0 Å². The van der Waals surface area contributed by atoms with E-state index in [1.807, 2.05) is 0 Å². The molecule has 1 rings (SSSR count). The second kappa shape index (κ2) is 3.46. The van der Waals surface area contributed by atoms with Crippen molar-refractivity contribution in [2.45, 2.75) is 0 Å². The first-order valence-corrected chi connectivity index (χ1v) is 2.97. The van der Waals surface area contributed by atoms with Crippen LogP contribution in [0.3, 0.4) is 0 Å². The summed E-state index contributed by atoms with van der Waals surface area (Å²) in [6.07, 6.45) is 1.78. The largest absolute Gasteiger partial charge is 0.512 e. The van der Waals surface area contributed by atoms with Gasteiger partial charge in [0.15, 0.2) is 7.11 Å². The fraction of sp³-hybridized carbons (Fsp3) is 0.200. The maximum Gasteiger partial charge on any atom is 0.512 e. The molecule has 0 atom stereocenters. The molecule has 0 aliphatic rings. The van der Waals surface area contributed by atoms with Gasteiger partial charge in [0.25, 0.3) is 0 Å². The van der Waals surface area contributed by atoms with Gasteiger partial charge in [-0.3, -0.25) is 0 Å². The van der Waals surface area contributed by atoms with Crippen LogP contribution in [-0.4, -0.2) is 28.1 Å². The number of hydrogen-bond acceptors (Lipinski definition) is 5. The molecule has 0 amide bonds. The van der Waals surface area contributed by atoms with Gasteiger partial charge in [-0.15, -0.1) is 0 Å². The first-order valence-electron chi connectivity index (χ1n) is 2.97. The summed E-state index contributed by atoms with van der Waals surface area (Å²) < 4.78 is 0.851. The van der Waals surface area contributed by atoms with Gasteiger partial charge in [-0.25, -0.2) is 4.79 Å². The number of carbonyl (C=O) groups excluding carboxylic acids is 1. The van der Waals surface area contributed by atoms with Crippen LogP contribution in [-0.2, 0) is 9.68 Å². The molecule has 0 radical (unpaired) electrons. The van der Waals surface area contributed by atoms with E-state index in [0.717, 1.165) is 11.8 Å². The lowest BCUT2D eigenvalue weighted by Crippen LogP contribution is -2.20. The van der Waals surface area contributed by atoms with Gasteiger partial charge in [0.2, 0.25) is 0 Å². The van der Waals surface area contributed by atoms with E-state index in [2.05, 4.69) is 14.8 Å². The lowest BCUT2D eigenvalue weighted by atomic mass is 10.8. The molecule has 7 nitrogen and oxygen atoms in total. The van der Waals surface area contributed by atoms with Crippen molar-refractivity contribution in [1.29, 1.82) is 0 Å². The van der Waals surface area contributed by atoms with Gasteiger partial charge in [-0.05, 0) is 6.07 Å². The van der Waals surface area contributed by atoms with Gasteiger partial charge in [0, 0.05) is 12.4 Å². The molecule has 1 heterocycles. The average Bonchev–Trinajstić information content (AvgIpc) is 2.56. The highest BCUT2D eigenvalue weighted by Crippen LogP contribution is 1.88. The van der Waals surface area contributed by atoms with Gasteiger partial charge < -0.3 is 0 Å². The van der Waals surface area contributed by atoms with Crippen LogP contribution in [0.1, 0.15) is 0 Å². The van der Waals surface area contributed by atoms with Crippen LogP contribution in [0.4, 0.5) is 4.79 Å². The van der Waals surface area contributed by atoms with Crippen molar-refractivity contribution in [3.05, 3.63) is 23.4 Å². The van der Waals surface area contributed by atoms with E-state index < -0.39 is 6.09 Å². The Bertz CT molecular complexity index is 281. The number of rotatable bonds is 2. The molecule has 1 aromatic rings. The Hall–Kier alpha value is -1.92. The van der Waals surface area contributed by atoms with Crippen molar-refractivity contribution < 1.29 is 19.6 Å². The normalized spacial score (nSPS) is 9.08. The molecule has 0 bridgehead atoms. The zero-order chi connectivity index (χ0) is 8.97. The summed E-state index contributed by atoms with van der Waals surface area (Å²) in [7, 11) is 1.07. The van der Waals surface area contributed by atoms with Crippen molar-refractivity contribution in [2.24, 2.45) is 0 Å². The third-order valence-electron chi connectivity index (χ3n) is 0.993. The molecule has 0 spiro atoms. The van der Waals surface area contributed by atoms with Gasteiger partial charge in [0.05, 0.1) is 0 Å². The Morgan fingerprint density at radius 3 is 2.92 bits per heavy atom. The summed E-state index contributed by atoms with van der Waals surface area (Å²) in [6, 6.07) is 1.52. The number of nitrogens with zero attached hydrogens (tertiary/aromatic N) is 3. The van der Waals surface area contributed by atoms with E-state index in [4.69, 9.17) is 0 Å². The lowest BCUT2D eigenvalue weighted by molar-refractivity contribution is -0.958. The highest BCUT2D eigenvalue weighted by Gasteiger charge is 2.19. The first-order chi connectivity index (χ1) is 5.74. The summed E-state index contributed by atoms with van der Waals surface area (Å²) >= 11 is 0. The van der Waals surface area contributed by atoms with Gasteiger partial charge in [-0.1, -0.05) is 4.84 Å². The van der Waals surface area contributed by atoms with Gasteiger partial charge in [0.1, 0.15) is 4.91 Å². The fourth-order valence-electron chi connectivity index (χ4n) is 0.520. The van der Waals surface area contributed by atoms with E-state index in [1.165, 1.54) is 18.5 Å². The van der Waals surface area contributed by atoms with Crippen LogP contribution < -0.4 is 0 Å². The molecule has 12 heavy (non-hydrogen) atoms. The SMILES string of the molecule is CO[N+](=O)OC(=O)n1cccn1. The van der Waals surface area contributed by atoms with Crippen LogP contribution >= 0.6 is 0 Å². The Morgan fingerprint density at radius 1 is 1.67 bits per heavy atom. The number of hydrogen-bond donors (Lipinski definition) is 0. The molecular weight excluding hydrogens is 166 g/mol. The topological polar surface area (TPSA) is 73.4 Å².